The van der Waals surface area contributed by atoms with Gasteiger partial charge in [-0.05, 0) is 24.3 Å². The maximum atomic E-state index is 13.9. The molecule has 0 bridgehead atoms. The summed E-state index contributed by atoms with van der Waals surface area (Å²) in [5.74, 6) is -1.57. The predicted molar refractivity (Wildman–Crippen MR) is 81.3 cm³/mol. The highest BCUT2D eigenvalue weighted by Crippen LogP contribution is 2.54. The fourth-order valence-corrected chi connectivity index (χ4v) is 4.07. The Hall–Kier alpha value is -2.77. The van der Waals surface area contributed by atoms with Gasteiger partial charge in [-0.1, -0.05) is 0 Å². The van der Waals surface area contributed by atoms with Crippen LogP contribution in [0.25, 0.3) is 0 Å². The monoisotopic (exact) mass is 385 g/mol. The molecule has 0 saturated carbocycles. The van der Waals surface area contributed by atoms with E-state index < -0.39 is 43.2 Å². The van der Waals surface area contributed by atoms with Crippen molar-refractivity contribution in [2.45, 2.75) is 16.3 Å². The molecule has 1 unspecified atom stereocenters. The van der Waals surface area contributed by atoms with E-state index in [-0.39, 0.29) is 17.1 Å². The number of fused-ring (bicyclic) bond motifs is 1. The highest BCUT2D eigenvalue weighted by atomic mass is 32.2. The number of rotatable bonds is 3. The molecule has 0 aliphatic carbocycles. The van der Waals surface area contributed by atoms with Gasteiger partial charge >= 0.3 is 5.25 Å². The number of alkyl halides is 2. The van der Waals surface area contributed by atoms with E-state index in [0.29, 0.717) is 0 Å². The summed E-state index contributed by atoms with van der Waals surface area (Å²) in [6.07, 6.45) is -2.65. The zero-order chi connectivity index (χ0) is 19.3. The topological polar surface area (TPSA) is 96.6 Å². The van der Waals surface area contributed by atoms with Crippen molar-refractivity contribution in [2.75, 3.05) is 7.11 Å². The molecular formula is C16H10F3NO5S. The molecule has 1 atom stereocenters. The van der Waals surface area contributed by atoms with Crippen LogP contribution >= 0.6 is 0 Å². The first-order valence-electron chi connectivity index (χ1n) is 7.03. The first kappa shape index (κ1) is 18.0. The summed E-state index contributed by atoms with van der Waals surface area (Å²) in [6, 6.07) is 6.70. The molecule has 136 valence electrons. The lowest BCUT2D eigenvalue weighted by Gasteiger charge is -2.16. The lowest BCUT2D eigenvalue weighted by Crippen LogP contribution is -2.28. The number of ether oxygens (including phenoxy) is 2. The Morgan fingerprint density at radius 1 is 1.27 bits per heavy atom. The molecule has 3 rings (SSSR count). The minimum atomic E-state index is -5.09. The zero-order valence-electron chi connectivity index (χ0n) is 13.0. The van der Waals surface area contributed by atoms with Crippen LogP contribution in [0, 0.1) is 17.1 Å². The zero-order valence-corrected chi connectivity index (χ0v) is 13.9. The molecule has 0 aromatic heterocycles. The second-order valence-corrected chi connectivity index (χ2v) is 7.36. The largest absolute Gasteiger partial charge is 0.492 e. The Bertz CT molecular complexity index is 1050. The van der Waals surface area contributed by atoms with Gasteiger partial charge in [0.2, 0.25) is 9.84 Å². The molecule has 1 N–H and O–H groups in total. The number of nitriles is 1. The molecule has 6 nitrogen and oxygen atoms in total. The van der Waals surface area contributed by atoms with Gasteiger partial charge in [0, 0.05) is 6.07 Å². The van der Waals surface area contributed by atoms with Gasteiger partial charge in [-0.2, -0.15) is 14.0 Å². The van der Waals surface area contributed by atoms with Crippen molar-refractivity contribution in [3.63, 3.8) is 0 Å². The molecule has 2 aromatic rings. The van der Waals surface area contributed by atoms with Crippen LogP contribution in [0.5, 0.6) is 17.2 Å². The number of hydrogen-bond acceptors (Lipinski definition) is 6. The van der Waals surface area contributed by atoms with Crippen molar-refractivity contribution >= 4 is 9.84 Å². The third-order valence-corrected chi connectivity index (χ3v) is 5.67. The number of sulfone groups is 1. The van der Waals surface area contributed by atoms with E-state index in [1.165, 1.54) is 6.07 Å². The molecule has 1 aliphatic heterocycles. The van der Waals surface area contributed by atoms with Crippen LogP contribution in [0.1, 0.15) is 17.2 Å². The summed E-state index contributed by atoms with van der Waals surface area (Å²) in [4.78, 5) is -0.781. The molecule has 1 heterocycles. The highest BCUT2D eigenvalue weighted by Gasteiger charge is 2.61. The molecule has 26 heavy (non-hydrogen) atoms. The minimum absolute atomic E-state index is 0.0470. The van der Waals surface area contributed by atoms with Gasteiger partial charge in [0.05, 0.1) is 29.2 Å². The molecule has 2 aromatic carbocycles. The van der Waals surface area contributed by atoms with Crippen LogP contribution in [0.4, 0.5) is 13.2 Å². The van der Waals surface area contributed by atoms with Gasteiger partial charge < -0.3 is 14.6 Å². The Balaban J connectivity index is 2.15. The quantitative estimate of drug-likeness (QED) is 0.873. The molecule has 0 saturated heterocycles. The molecule has 10 heteroatoms. The first-order valence-corrected chi connectivity index (χ1v) is 8.51. The van der Waals surface area contributed by atoms with E-state index in [2.05, 4.69) is 0 Å². The minimum Gasteiger partial charge on any atom is -0.492 e. The lowest BCUT2D eigenvalue weighted by molar-refractivity contribution is -0.0385. The van der Waals surface area contributed by atoms with Gasteiger partial charge in [0.25, 0.3) is 0 Å². The first-order chi connectivity index (χ1) is 12.1. The van der Waals surface area contributed by atoms with Crippen molar-refractivity contribution in [3.05, 3.63) is 47.3 Å². The van der Waals surface area contributed by atoms with Crippen LogP contribution in [-0.4, -0.2) is 25.9 Å². The Morgan fingerprint density at radius 2 is 1.96 bits per heavy atom. The summed E-state index contributed by atoms with van der Waals surface area (Å²) < 4.78 is 75.4. The molecule has 0 amide bonds. The highest BCUT2D eigenvalue weighted by molar-refractivity contribution is 7.92. The summed E-state index contributed by atoms with van der Waals surface area (Å²) >= 11 is 0. The summed E-state index contributed by atoms with van der Waals surface area (Å²) in [6.45, 7) is 0. The number of aliphatic hydroxyl groups is 1. The third kappa shape index (κ3) is 2.48. The van der Waals surface area contributed by atoms with Gasteiger partial charge in [0.1, 0.15) is 11.6 Å². The van der Waals surface area contributed by atoms with Crippen LogP contribution in [0.15, 0.2) is 35.2 Å². The van der Waals surface area contributed by atoms with Crippen molar-refractivity contribution in [2.24, 2.45) is 0 Å². The van der Waals surface area contributed by atoms with E-state index >= 15 is 0 Å². The maximum absolute atomic E-state index is 13.9. The number of hydrogen-bond donors (Lipinski definition) is 1. The Morgan fingerprint density at radius 3 is 2.58 bits per heavy atom. The smallest absolute Gasteiger partial charge is 0.379 e. The van der Waals surface area contributed by atoms with Crippen LogP contribution in [-0.2, 0) is 9.84 Å². The predicted octanol–water partition coefficient (Wildman–Crippen LogP) is 2.91. The fraction of sp³-hybridized carbons (Fsp3) is 0.188. The summed E-state index contributed by atoms with van der Waals surface area (Å²) in [7, 11) is -4.02. The van der Waals surface area contributed by atoms with E-state index in [9.17, 15) is 26.7 Å². The van der Waals surface area contributed by atoms with E-state index in [0.717, 1.165) is 31.4 Å². The van der Waals surface area contributed by atoms with Crippen molar-refractivity contribution in [1.82, 2.24) is 0 Å². The van der Waals surface area contributed by atoms with Crippen LogP contribution in [0.2, 0.25) is 0 Å². The number of benzene rings is 2. The average Bonchev–Trinajstić information content (AvgIpc) is 2.72. The van der Waals surface area contributed by atoms with Crippen molar-refractivity contribution in [1.29, 1.82) is 5.26 Å². The van der Waals surface area contributed by atoms with Crippen LogP contribution < -0.4 is 9.47 Å². The molecular weight excluding hydrogens is 375 g/mol. The number of aliphatic hydroxyl groups excluding tert-OH is 1. The Kier molecular flexibility index (Phi) is 4.09. The van der Waals surface area contributed by atoms with Gasteiger partial charge in [-0.15, -0.1) is 0 Å². The fourth-order valence-electron chi connectivity index (χ4n) is 2.62. The molecule has 1 aliphatic rings. The Labute approximate surface area is 145 Å². The maximum Gasteiger partial charge on any atom is 0.379 e. The van der Waals surface area contributed by atoms with Gasteiger partial charge in [-0.3, -0.25) is 0 Å². The van der Waals surface area contributed by atoms with E-state index in [1.807, 2.05) is 0 Å². The number of halogens is 3. The average molecular weight is 385 g/mol. The number of methoxy groups -OCH3 is 1. The lowest BCUT2D eigenvalue weighted by atomic mass is 10.1. The summed E-state index contributed by atoms with van der Waals surface area (Å²) in [5.41, 5.74) is -0.693. The van der Waals surface area contributed by atoms with Gasteiger partial charge in [-0.25, -0.2) is 12.8 Å². The second kappa shape index (κ2) is 5.89. The van der Waals surface area contributed by atoms with Gasteiger partial charge in [0.15, 0.2) is 17.6 Å². The van der Waals surface area contributed by atoms with Crippen LogP contribution in [0.3, 0.4) is 0 Å². The van der Waals surface area contributed by atoms with Crippen molar-refractivity contribution < 1.29 is 36.2 Å². The normalized spacial score (nSPS) is 19.5. The molecule has 0 fully saturated rings. The molecule has 0 radical (unpaired) electrons. The van der Waals surface area contributed by atoms with E-state index in [4.69, 9.17) is 14.7 Å². The third-order valence-electron chi connectivity index (χ3n) is 3.79. The van der Waals surface area contributed by atoms with E-state index in [1.54, 1.807) is 6.07 Å². The standard InChI is InChI=1S/C16H10F3NO5S/c1-24-14-11(25-10-5-8(7-20)4-9(17)6-10)2-3-12-13(14)15(21)16(18,19)26(12,22)23/h2-6,15,21H,1H3. The SMILES string of the molecule is COc1c(Oc2cc(F)cc(C#N)c2)ccc2c1C(O)C(F)(F)S2(=O)=O. The molecule has 0 spiro atoms. The summed E-state index contributed by atoms with van der Waals surface area (Å²) in [5, 5.41) is 14.2. The second-order valence-electron chi connectivity index (χ2n) is 5.37. The van der Waals surface area contributed by atoms with Crippen molar-refractivity contribution in [3.8, 4) is 23.3 Å². The number of nitrogens with zero attached hydrogens (tertiary/aromatic N) is 1.